The molecule has 2 amide bonds. The van der Waals surface area contributed by atoms with Crippen molar-refractivity contribution in [3.05, 3.63) is 75.7 Å². The van der Waals surface area contributed by atoms with Crippen molar-refractivity contribution in [2.45, 2.75) is 50.2 Å². The number of anilines is 2. The van der Waals surface area contributed by atoms with Gasteiger partial charge in [-0.05, 0) is 74.9 Å². The molecule has 2 aromatic carbocycles. The maximum atomic E-state index is 13.1. The Morgan fingerprint density at radius 2 is 1.89 bits per heavy atom. The molecule has 0 aliphatic heterocycles. The van der Waals surface area contributed by atoms with Crippen molar-refractivity contribution in [1.82, 2.24) is 0 Å². The van der Waals surface area contributed by atoms with Crippen LogP contribution in [0.5, 0.6) is 0 Å². The predicted octanol–water partition coefficient (Wildman–Crippen LogP) is 6.34. The van der Waals surface area contributed by atoms with Gasteiger partial charge in [0.15, 0.2) is 0 Å². The Balaban J connectivity index is 1.44. The maximum Gasteiger partial charge on any atom is 0.341 e. The SMILES string of the molecule is COC(=O)c1c(NC(=O)C(C)Sc2cccc(NC(=O)c3cccc(C)c3)c2)sc2c1CCC(C)C2. The zero-order valence-corrected chi connectivity index (χ0v) is 22.5. The van der Waals surface area contributed by atoms with E-state index in [1.165, 1.54) is 30.2 Å². The molecule has 2 atom stereocenters. The number of hydrogen-bond donors (Lipinski definition) is 2. The standard InChI is InChI=1S/C28H30N2O4S2/c1-16-7-5-8-19(13-16)26(32)29-20-9-6-10-21(15-20)35-18(3)25(31)30-27-24(28(33)34-4)22-12-11-17(2)14-23(22)36-27/h5-10,13,15,17-18H,11-12,14H2,1-4H3,(H,29,32)(H,30,31). The number of hydrogen-bond acceptors (Lipinski definition) is 6. The highest BCUT2D eigenvalue weighted by atomic mass is 32.2. The summed E-state index contributed by atoms with van der Waals surface area (Å²) in [4.78, 5) is 40.2. The van der Waals surface area contributed by atoms with Gasteiger partial charge < -0.3 is 15.4 Å². The molecule has 3 aromatic rings. The van der Waals surface area contributed by atoms with Crippen molar-refractivity contribution >= 4 is 51.6 Å². The molecule has 1 aromatic heterocycles. The Labute approximate surface area is 219 Å². The average molecular weight is 523 g/mol. The maximum absolute atomic E-state index is 13.1. The van der Waals surface area contributed by atoms with Crippen molar-refractivity contribution in [1.29, 1.82) is 0 Å². The molecule has 2 N–H and O–H groups in total. The average Bonchev–Trinajstić information content (AvgIpc) is 3.20. The van der Waals surface area contributed by atoms with E-state index >= 15 is 0 Å². The molecule has 1 heterocycles. The second-order valence-electron chi connectivity index (χ2n) is 9.15. The quantitative estimate of drug-likeness (QED) is 0.279. The number of thiophene rings is 1. The smallest absolute Gasteiger partial charge is 0.341 e. The molecule has 0 saturated carbocycles. The fourth-order valence-corrected chi connectivity index (χ4v) is 6.59. The fraction of sp³-hybridized carbons (Fsp3) is 0.321. The van der Waals surface area contributed by atoms with Crippen LogP contribution < -0.4 is 10.6 Å². The summed E-state index contributed by atoms with van der Waals surface area (Å²) in [6, 6.07) is 14.8. The first-order valence-corrected chi connectivity index (χ1v) is 13.6. The molecule has 8 heteroatoms. The molecule has 0 radical (unpaired) electrons. The molecule has 4 rings (SSSR count). The summed E-state index contributed by atoms with van der Waals surface area (Å²) in [5, 5.41) is 6.05. The van der Waals surface area contributed by atoms with Crippen LogP contribution in [0.2, 0.25) is 0 Å². The first-order chi connectivity index (χ1) is 17.2. The van der Waals surface area contributed by atoms with Crippen molar-refractivity contribution in [2.75, 3.05) is 17.7 Å². The zero-order valence-electron chi connectivity index (χ0n) is 20.8. The van der Waals surface area contributed by atoms with Crippen LogP contribution in [0, 0.1) is 12.8 Å². The molecule has 0 saturated heterocycles. The summed E-state index contributed by atoms with van der Waals surface area (Å²) in [6.45, 7) is 5.97. The minimum atomic E-state index is -0.420. The lowest BCUT2D eigenvalue weighted by atomic mass is 9.88. The van der Waals surface area contributed by atoms with Crippen molar-refractivity contribution in [3.63, 3.8) is 0 Å². The second-order valence-corrected chi connectivity index (χ2v) is 11.7. The van der Waals surface area contributed by atoms with Gasteiger partial charge in [-0.15, -0.1) is 23.1 Å². The zero-order chi connectivity index (χ0) is 25.8. The van der Waals surface area contributed by atoms with Gasteiger partial charge in [-0.25, -0.2) is 4.79 Å². The lowest BCUT2D eigenvalue weighted by Gasteiger charge is -2.18. The number of thioether (sulfide) groups is 1. The van der Waals surface area contributed by atoms with E-state index in [1.54, 1.807) is 6.07 Å². The lowest BCUT2D eigenvalue weighted by molar-refractivity contribution is -0.115. The number of carbonyl (C=O) groups excluding carboxylic acids is 3. The third-order valence-corrected chi connectivity index (χ3v) is 8.46. The van der Waals surface area contributed by atoms with E-state index < -0.39 is 11.2 Å². The number of aryl methyl sites for hydroxylation is 1. The number of esters is 1. The topological polar surface area (TPSA) is 84.5 Å². The van der Waals surface area contributed by atoms with E-state index in [2.05, 4.69) is 17.6 Å². The number of carbonyl (C=O) groups is 3. The van der Waals surface area contributed by atoms with Crippen molar-refractivity contribution in [3.8, 4) is 0 Å². The number of rotatable bonds is 7. The minimum absolute atomic E-state index is 0.182. The molecular formula is C28H30N2O4S2. The van der Waals surface area contributed by atoms with Gasteiger partial charge in [-0.2, -0.15) is 0 Å². The lowest BCUT2D eigenvalue weighted by Crippen LogP contribution is -2.23. The summed E-state index contributed by atoms with van der Waals surface area (Å²) in [5.41, 5.74) is 3.78. The van der Waals surface area contributed by atoms with E-state index in [1.807, 2.05) is 56.3 Å². The first kappa shape index (κ1) is 26.0. The van der Waals surface area contributed by atoms with Gasteiger partial charge in [0.25, 0.3) is 5.91 Å². The van der Waals surface area contributed by atoms with Crippen LogP contribution >= 0.6 is 23.1 Å². The Bertz CT molecular complexity index is 1300. The van der Waals surface area contributed by atoms with Crippen molar-refractivity contribution < 1.29 is 19.1 Å². The Kier molecular flexibility index (Phi) is 8.16. The largest absolute Gasteiger partial charge is 0.465 e. The van der Waals surface area contributed by atoms with Gasteiger partial charge in [0, 0.05) is 21.0 Å². The van der Waals surface area contributed by atoms with E-state index in [4.69, 9.17) is 4.74 Å². The Hall–Kier alpha value is -3.10. The molecule has 188 valence electrons. The molecule has 0 spiro atoms. The molecule has 1 aliphatic carbocycles. The van der Waals surface area contributed by atoms with Gasteiger partial charge in [0.2, 0.25) is 5.91 Å². The van der Waals surface area contributed by atoms with Crippen LogP contribution in [-0.4, -0.2) is 30.1 Å². The van der Waals surface area contributed by atoms with Crippen LogP contribution in [0.25, 0.3) is 0 Å². The van der Waals surface area contributed by atoms with Crippen LogP contribution in [-0.2, 0) is 22.4 Å². The van der Waals surface area contributed by atoms with Crippen molar-refractivity contribution in [2.24, 2.45) is 5.92 Å². The van der Waals surface area contributed by atoms with E-state index in [9.17, 15) is 14.4 Å². The number of nitrogens with one attached hydrogen (secondary N) is 2. The number of ether oxygens (including phenoxy) is 1. The van der Waals surface area contributed by atoms with Gasteiger partial charge in [0.1, 0.15) is 5.00 Å². The number of amides is 2. The van der Waals surface area contributed by atoms with Gasteiger partial charge in [0.05, 0.1) is 17.9 Å². The Morgan fingerprint density at radius 1 is 1.11 bits per heavy atom. The molecular weight excluding hydrogens is 492 g/mol. The second kappa shape index (κ2) is 11.3. The fourth-order valence-electron chi connectivity index (χ4n) is 4.26. The molecule has 0 bridgehead atoms. The number of methoxy groups -OCH3 is 1. The first-order valence-electron chi connectivity index (χ1n) is 11.9. The van der Waals surface area contributed by atoms with Crippen LogP contribution in [0.3, 0.4) is 0 Å². The highest BCUT2D eigenvalue weighted by molar-refractivity contribution is 8.00. The molecule has 6 nitrogen and oxygen atoms in total. The van der Waals surface area contributed by atoms with E-state index in [0.29, 0.717) is 27.7 Å². The van der Waals surface area contributed by atoms with Crippen LogP contribution in [0.1, 0.15) is 57.0 Å². The van der Waals surface area contributed by atoms with Gasteiger partial charge >= 0.3 is 5.97 Å². The summed E-state index contributed by atoms with van der Waals surface area (Å²) in [6.07, 6.45) is 2.74. The summed E-state index contributed by atoms with van der Waals surface area (Å²) in [5.74, 6) is -0.225. The summed E-state index contributed by atoms with van der Waals surface area (Å²) in [7, 11) is 1.37. The van der Waals surface area contributed by atoms with Crippen LogP contribution in [0.4, 0.5) is 10.7 Å². The van der Waals surface area contributed by atoms with Gasteiger partial charge in [-0.3, -0.25) is 9.59 Å². The van der Waals surface area contributed by atoms with E-state index in [-0.39, 0.29) is 11.8 Å². The molecule has 2 unspecified atom stereocenters. The minimum Gasteiger partial charge on any atom is -0.465 e. The van der Waals surface area contributed by atoms with Crippen LogP contribution in [0.15, 0.2) is 53.4 Å². The number of benzene rings is 2. The Morgan fingerprint density at radius 3 is 2.64 bits per heavy atom. The molecule has 36 heavy (non-hydrogen) atoms. The summed E-state index contributed by atoms with van der Waals surface area (Å²) < 4.78 is 5.03. The predicted molar refractivity (Wildman–Crippen MR) is 146 cm³/mol. The summed E-state index contributed by atoms with van der Waals surface area (Å²) >= 11 is 2.87. The van der Waals surface area contributed by atoms with Gasteiger partial charge in [-0.1, -0.05) is 30.7 Å². The molecule has 0 fully saturated rings. The highest BCUT2D eigenvalue weighted by Gasteiger charge is 2.29. The van der Waals surface area contributed by atoms with E-state index in [0.717, 1.165) is 40.2 Å². The third kappa shape index (κ3) is 5.99. The monoisotopic (exact) mass is 522 g/mol. The highest BCUT2D eigenvalue weighted by Crippen LogP contribution is 2.40. The normalized spacial score (nSPS) is 15.5. The number of fused-ring (bicyclic) bond motifs is 1. The molecule has 1 aliphatic rings. The third-order valence-electron chi connectivity index (χ3n) is 6.19.